The first-order valence-electron chi connectivity index (χ1n) is 10.9. The van der Waals surface area contributed by atoms with Crippen LogP contribution in [0.5, 0.6) is 0 Å². The van der Waals surface area contributed by atoms with E-state index >= 15 is 0 Å². The SMILES string of the molecule is CCCN(CCN(C)C)C(=O)C1CCN(S(=O)(=O)c2ccc3c(c2)CCC3)CC1. The van der Waals surface area contributed by atoms with Crippen molar-refractivity contribution in [3.8, 4) is 0 Å². The van der Waals surface area contributed by atoms with E-state index in [1.807, 2.05) is 31.1 Å². The Morgan fingerprint density at radius 2 is 1.76 bits per heavy atom. The average molecular weight is 422 g/mol. The molecule has 0 unspecified atom stereocenters. The summed E-state index contributed by atoms with van der Waals surface area (Å²) in [7, 11) is 0.539. The molecule has 1 aliphatic heterocycles. The third kappa shape index (κ3) is 5.19. The molecule has 1 aromatic rings. The van der Waals surface area contributed by atoms with Crippen LogP contribution in [-0.2, 0) is 27.7 Å². The lowest BCUT2D eigenvalue weighted by molar-refractivity contribution is -0.137. The lowest BCUT2D eigenvalue weighted by atomic mass is 9.96. The minimum Gasteiger partial charge on any atom is -0.341 e. The molecule has 0 saturated carbocycles. The van der Waals surface area contributed by atoms with Gasteiger partial charge in [-0.3, -0.25) is 4.79 Å². The molecule has 1 amide bonds. The third-order valence-electron chi connectivity index (χ3n) is 6.13. The number of amides is 1. The fourth-order valence-corrected chi connectivity index (χ4v) is 5.90. The summed E-state index contributed by atoms with van der Waals surface area (Å²) in [6, 6.07) is 5.58. The second-order valence-corrected chi connectivity index (χ2v) is 10.5. The molecule has 1 aliphatic carbocycles. The molecular weight excluding hydrogens is 386 g/mol. The van der Waals surface area contributed by atoms with Gasteiger partial charge in [-0.1, -0.05) is 13.0 Å². The zero-order chi connectivity index (χ0) is 21.0. The van der Waals surface area contributed by atoms with Gasteiger partial charge in [-0.05, 0) is 75.9 Å². The Kier molecular flexibility index (Phi) is 7.35. The number of hydrogen-bond donors (Lipinski definition) is 0. The van der Waals surface area contributed by atoms with Gasteiger partial charge in [0, 0.05) is 38.6 Å². The zero-order valence-electron chi connectivity index (χ0n) is 18.1. The molecule has 162 valence electrons. The second kappa shape index (κ2) is 9.58. The number of fused-ring (bicyclic) bond motifs is 1. The van der Waals surface area contributed by atoms with Crippen LogP contribution in [0.25, 0.3) is 0 Å². The van der Waals surface area contributed by atoms with Crippen LogP contribution in [0.4, 0.5) is 0 Å². The Bertz CT molecular complexity index is 815. The van der Waals surface area contributed by atoms with E-state index in [1.54, 1.807) is 10.4 Å². The minimum absolute atomic E-state index is 0.0739. The molecular formula is C22H35N3O3S. The molecule has 7 heteroatoms. The molecule has 0 bridgehead atoms. The van der Waals surface area contributed by atoms with Gasteiger partial charge in [-0.25, -0.2) is 8.42 Å². The van der Waals surface area contributed by atoms with Gasteiger partial charge in [-0.15, -0.1) is 0 Å². The van der Waals surface area contributed by atoms with Gasteiger partial charge in [0.25, 0.3) is 0 Å². The molecule has 2 aliphatic rings. The molecule has 1 aromatic carbocycles. The summed E-state index contributed by atoms with van der Waals surface area (Å²) < 4.78 is 27.8. The van der Waals surface area contributed by atoms with E-state index in [0.717, 1.165) is 45.3 Å². The Morgan fingerprint density at radius 1 is 1.07 bits per heavy atom. The van der Waals surface area contributed by atoms with Crippen molar-refractivity contribution in [1.82, 2.24) is 14.1 Å². The average Bonchev–Trinajstić information content (AvgIpc) is 3.18. The standard InChI is InChI=1S/C22H35N3O3S/c1-4-12-24(16-15-23(2)3)22(26)19-10-13-25(14-11-19)29(27,28)21-9-8-18-6-5-7-20(18)17-21/h8-9,17,19H,4-7,10-16H2,1-3H3. The summed E-state index contributed by atoms with van der Waals surface area (Å²) in [6.45, 7) is 5.26. The van der Waals surface area contributed by atoms with Crippen LogP contribution in [0.3, 0.4) is 0 Å². The molecule has 0 radical (unpaired) electrons. The van der Waals surface area contributed by atoms with Gasteiger partial charge < -0.3 is 9.80 Å². The van der Waals surface area contributed by atoms with Crippen LogP contribution in [0.2, 0.25) is 0 Å². The molecule has 0 atom stereocenters. The lowest BCUT2D eigenvalue weighted by Gasteiger charge is -2.34. The molecule has 0 spiro atoms. The minimum atomic E-state index is -3.48. The van der Waals surface area contributed by atoms with Crippen molar-refractivity contribution in [2.75, 3.05) is 46.8 Å². The third-order valence-corrected chi connectivity index (χ3v) is 8.03. The number of nitrogens with zero attached hydrogens (tertiary/aromatic N) is 3. The van der Waals surface area contributed by atoms with E-state index in [0.29, 0.717) is 30.8 Å². The Labute approximate surface area is 175 Å². The van der Waals surface area contributed by atoms with Crippen molar-refractivity contribution in [2.24, 2.45) is 5.92 Å². The van der Waals surface area contributed by atoms with Gasteiger partial charge >= 0.3 is 0 Å². The van der Waals surface area contributed by atoms with Gasteiger partial charge in [0.15, 0.2) is 0 Å². The van der Waals surface area contributed by atoms with Crippen LogP contribution in [-0.4, -0.2) is 75.2 Å². The summed E-state index contributed by atoms with van der Waals surface area (Å²) in [5.41, 5.74) is 2.45. The summed E-state index contributed by atoms with van der Waals surface area (Å²) in [6.07, 6.45) is 5.26. The highest BCUT2D eigenvalue weighted by molar-refractivity contribution is 7.89. The molecule has 3 rings (SSSR count). The van der Waals surface area contributed by atoms with Crippen LogP contribution >= 0.6 is 0 Å². The quantitative estimate of drug-likeness (QED) is 0.647. The van der Waals surface area contributed by atoms with E-state index < -0.39 is 10.0 Å². The van der Waals surface area contributed by atoms with Crippen molar-refractivity contribution in [2.45, 2.75) is 50.3 Å². The van der Waals surface area contributed by atoms with E-state index in [1.165, 1.54) is 11.1 Å². The number of rotatable bonds is 8. The van der Waals surface area contributed by atoms with Crippen molar-refractivity contribution in [3.63, 3.8) is 0 Å². The molecule has 0 aromatic heterocycles. The number of sulfonamides is 1. The number of piperidine rings is 1. The predicted octanol–water partition coefficient (Wildman–Crippen LogP) is 2.38. The number of carbonyl (C=O) groups is 1. The molecule has 1 fully saturated rings. The Morgan fingerprint density at radius 3 is 2.41 bits per heavy atom. The second-order valence-electron chi connectivity index (χ2n) is 8.59. The molecule has 1 saturated heterocycles. The summed E-state index contributed by atoms with van der Waals surface area (Å²) in [4.78, 5) is 17.4. The maximum atomic E-state index is 13.1. The van der Waals surface area contributed by atoms with E-state index in [4.69, 9.17) is 0 Å². The van der Waals surface area contributed by atoms with Crippen molar-refractivity contribution >= 4 is 15.9 Å². The van der Waals surface area contributed by atoms with E-state index in [9.17, 15) is 13.2 Å². The molecule has 1 heterocycles. The van der Waals surface area contributed by atoms with Gasteiger partial charge in [0.1, 0.15) is 0 Å². The number of hydrogen-bond acceptors (Lipinski definition) is 4. The lowest BCUT2D eigenvalue weighted by Crippen LogP contribution is -2.46. The largest absolute Gasteiger partial charge is 0.341 e. The monoisotopic (exact) mass is 421 g/mol. The first kappa shape index (κ1) is 22.2. The Hall–Kier alpha value is -1.44. The van der Waals surface area contributed by atoms with Crippen LogP contribution < -0.4 is 0 Å². The van der Waals surface area contributed by atoms with Gasteiger partial charge in [0.05, 0.1) is 4.90 Å². The Balaban J connectivity index is 1.62. The highest BCUT2D eigenvalue weighted by Crippen LogP contribution is 2.29. The van der Waals surface area contributed by atoms with Crippen LogP contribution in [0.15, 0.2) is 23.1 Å². The first-order chi connectivity index (χ1) is 13.8. The summed E-state index contributed by atoms with van der Waals surface area (Å²) >= 11 is 0. The van der Waals surface area contributed by atoms with E-state index in [2.05, 4.69) is 11.8 Å². The maximum Gasteiger partial charge on any atom is 0.243 e. The summed E-state index contributed by atoms with van der Waals surface area (Å²) in [5.74, 6) is 0.110. The highest BCUT2D eigenvalue weighted by Gasteiger charge is 2.34. The van der Waals surface area contributed by atoms with Gasteiger partial charge in [-0.2, -0.15) is 4.31 Å². The fraction of sp³-hybridized carbons (Fsp3) is 0.682. The number of likely N-dealkylation sites (N-methyl/N-ethyl adjacent to an activating group) is 1. The van der Waals surface area contributed by atoms with Crippen molar-refractivity contribution < 1.29 is 13.2 Å². The topological polar surface area (TPSA) is 60.9 Å². The molecule has 6 nitrogen and oxygen atoms in total. The molecule has 29 heavy (non-hydrogen) atoms. The number of aryl methyl sites for hydroxylation is 2. The van der Waals surface area contributed by atoms with Gasteiger partial charge in [0.2, 0.25) is 15.9 Å². The van der Waals surface area contributed by atoms with E-state index in [-0.39, 0.29) is 11.8 Å². The van der Waals surface area contributed by atoms with Crippen LogP contribution in [0, 0.1) is 5.92 Å². The molecule has 0 N–H and O–H groups in total. The highest BCUT2D eigenvalue weighted by atomic mass is 32.2. The smallest absolute Gasteiger partial charge is 0.243 e. The van der Waals surface area contributed by atoms with Crippen LogP contribution in [0.1, 0.15) is 43.7 Å². The number of benzene rings is 1. The number of carbonyl (C=O) groups excluding carboxylic acids is 1. The predicted molar refractivity (Wildman–Crippen MR) is 115 cm³/mol. The van der Waals surface area contributed by atoms with Crippen molar-refractivity contribution in [3.05, 3.63) is 29.3 Å². The normalized spacial score (nSPS) is 18.2. The van der Waals surface area contributed by atoms with Crippen molar-refractivity contribution in [1.29, 1.82) is 0 Å². The first-order valence-corrected chi connectivity index (χ1v) is 12.3. The fourth-order valence-electron chi connectivity index (χ4n) is 4.38. The zero-order valence-corrected chi connectivity index (χ0v) is 18.9. The maximum absolute atomic E-state index is 13.1. The summed E-state index contributed by atoms with van der Waals surface area (Å²) in [5, 5.41) is 0.